The highest BCUT2D eigenvalue weighted by molar-refractivity contribution is 5.98. The van der Waals surface area contributed by atoms with Gasteiger partial charge in [-0.1, -0.05) is 36.4 Å². The smallest absolute Gasteiger partial charge is 0.344 e. The van der Waals surface area contributed by atoms with Crippen LogP contribution >= 0.6 is 0 Å². The molecule has 8 aromatic rings. The van der Waals surface area contributed by atoms with Crippen molar-refractivity contribution in [1.29, 1.82) is 0 Å². The first-order chi connectivity index (χ1) is 34.0. The summed E-state index contributed by atoms with van der Waals surface area (Å²) in [5.41, 5.74) is 0.307. The van der Waals surface area contributed by atoms with Gasteiger partial charge in [-0.2, -0.15) is 0 Å². The number of nitrogens with zero attached hydrogens (tertiary/aromatic N) is 1. The second-order valence-electron chi connectivity index (χ2n) is 15.5. The summed E-state index contributed by atoms with van der Waals surface area (Å²) in [5, 5.41) is 13.0. The maximum atomic E-state index is 12.8. The number of rotatable bonds is 13. The predicted molar refractivity (Wildman–Crippen MR) is 258 cm³/mol. The van der Waals surface area contributed by atoms with E-state index in [2.05, 4.69) is 4.74 Å². The monoisotopic (exact) mass is 973 g/mol. The summed E-state index contributed by atoms with van der Waals surface area (Å²) in [7, 11) is 3.23. The van der Waals surface area contributed by atoms with Crippen LogP contribution in [0.4, 0.5) is 0 Å². The molecule has 0 amide bonds. The number of phenolic OH excluding ortho intramolecular Hbond substituents is 1. The lowest BCUT2D eigenvalue weighted by Gasteiger charge is -2.22. The number of ether oxygens (including phenoxy) is 5. The quantitative estimate of drug-likeness (QED) is 0.0527. The minimum Gasteiger partial charge on any atom is -0.507 e. The zero-order valence-corrected chi connectivity index (χ0v) is 39.3. The normalized spacial score (nSPS) is 10.9. The number of benzene rings is 4. The van der Waals surface area contributed by atoms with Gasteiger partial charge in [-0.15, -0.1) is 0 Å². The maximum Gasteiger partial charge on any atom is 0.344 e. The van der Waals surface area contributed by atoms with Gasteiger partial charge in [-0.05, 0) is 48.5 Å². The van der Waals surface area contributed by atoms with E-state index in [1.54, 1.807) is 74.9 Å². The first kappa shape index (κ1) is 51.9. The number of para-hydroxylation sites is 2. The minimum absolute atomic E-state index is 0.00632. The van der Waals surface area contributed by atoms with Crippen molar-refractivity contribution >= 4 is 67.8 Å². The van der Waals surface area contributed by atoms with Crippen molar-refractivity contribution in [2.24, 2.45) is 0 Å². The van der Waals surface area contributed by atoms with Crippen LogP contribution in [0, 0.1) is 0 Å². The number of carbonyl (C=O) groups is 4. The third kappa shape index (κ3) is 13.2. The number of methoxy groups -OCH3 is 2. The third-order valence-electron chi connectivity index (χ3n) is 10.4. The summed E-state index contributed by atoms with van der Waals surface area (Å²) in [6.07, 6.45) is 0. The van der Waals surface area contributed by atoms with Crippen molar-refractivity contribution < 1.29 is 65.6 Å². The third-order valence-corrected chi connectivity index (χ3v) is 10.4. The lowest BCUT2D eigenvalue weighted by Crippen LogP contribution is -2.30. The molecule has 0 spiro atoms. The van der Waals surface area contributed by atoms with Crippen LogP contribution in [0.3, 0.4) is 0 Å². The number of hydrogen-bond donors (Lipinski definition) is 1. The molecule has 19 heteroatoms. The fraction of sp³-hybridized carbons (Fsp3) is 0.231. The van der Waals surface area contributed by atoms with Crippen molar-refractivity contribution in [3.8, 4) is 33.8 Å². The van der Waals surface area contributed by atoms with Gasteiger partial charge >= 0.3 is 46.4 Å². The second-order valence-corrected chi connectivity index (χ2v) is 15.5. The molecule has 0 saturated carbocycles. The van der Waals surface area contributed by atoms with Crippen molar-refractivity contribution in [2.45, 2.75) is 40.8 Å². The summed E-state index contributed by atoms with van der Waals surface area (Å²) in [4.78, 5) is 94.8. The van der Waals surface area contributed by atoms with Gasteiger partial charge in [-0.3, -0.25) is 24.1 Å². The van der Waals surface area contributed by atoms with Crippen molar-refractivity contribution in [3.63, 3.8) is 0 Å². The van der Waals surface area contributed by atoms with Gasteiger partial charge in [0.25, 0.3) is 0 Å². The molecule has 19 nitrogen and oxygen atoms in total. The molecule has 0 aliphatic rings. The molecule has 0 saturated heterocycles. The first-order valence-electron chi connectivity index (χ1n) is 21.6. The SMILES string of the molecule is CC(=O)OC(C)=O.CC(=O)OCc1c(OC(C)=O)ccc2c(-c3cc4ccccc4oc3=O)cc(=O)oc12.COCCN(CCOC)Cc1c(O)ccc2c(-c3cc4ccccc4oc3=O)cc(=O)oc12. The minimum atomic E-state index is -0.737. The number of fused-ring (bicyclic) bond motifs is 4. The van der Waals surface area contributed by atoms with Crippen LogP contribution < -0.4 is 27.2 Å². The Morgan fingerprint density at radius 1 is 0.549 bits per heavy atom. The standard InChI is InChI=1S/C25H25NO7.C23H16O8.C4H6O3/c1-30-11-9-26(10-12-31-2)15-20-21(27)8-7-17-18(14-23(28)33-24(17)20)19-13-16-5-3-4-6-22(16)32-25(19)29;1-12(24)28-11-18-20(29-13(2)25)8-7-15-16(10-21(26)31-22(15)18)17-9-14-5-3-4-6-19(14)30-23(17)27;1-3(5)7-4(2)6/h3-8,13-14,27H,9-12,15H2,1-2H3;3-10H,11H2,1-2H3;1-2H3. The van der Waals surface area contributed by atoms with Crippen molar-refractivity contribution in [3.05, 3.63) is 150 Å². The Bertz CT molecular complexity index is 3510. The van der Waals surface area contributed by atoms with Gasteiger partial charge < -0.3 is 46.5 Å². The van der Waals surface area contributed by atoms with Gasteiger partial charge in [0.15, 0.2) is 0 Å². The number of phenols is 1. The summed E-state index contributed by atoms with van der Waals surface area (Å²) < 4.78 is 46.3. The first-order valence-corrected chi connectivity index (χ1v) is 21.6. The van der Waals surface area contributed by atoms with Gasteiger partial charge in [0.05, 0.1) is 35.5 Å². The Kier molecular flexibility index (Phi) is 17.3. The van der Waals surface area contributed by atoms with E-state index in [1.807, 2.05) is 17.0 Å². The van der Waals surface area contributed by atoms with Crippen LogP contribution in [0.15, 0.2) is 134 Å². The lowest BCUT2D eigenvalue weighted by molar-refractivity contribution is -0.156. The van der Waals surface area contributed by atoms with Crippen LogP contribution in [0.2, 0.25) is 0 Å². The summed E-state index contributed by atoms with van der Waals surface area (Å²) in [5.74, 6) is -2.23. The van der Waals surface area contributed by atoms with E-state index in [9.17, 15) is 43.5 Å². The van der Waals surface area contributed by atoms with E-state index < -0.39 is 46.4 Å². The van der Waals surface area contributed by atoms with Crippen LogP contribution in [0.1, 0.15) is 38.8 Å². The Balaban J connectivity index is 0.000000205. The van der Waals surface area contributed by atoms with Crippen LogP contribution in [-0.2, 0) is 51.3 Å². The zero-order valence-electron chi connectivity index (χ0n) is 39.3. The van der Waals surface area contributed by atoms with E-state index in [0.717, 1.165) is 5.39 Å². The lowest BCUT2D eigenvalue weighted by atomic mass is 9.99. The second kappa shape index (κ2) is 23.7. The fourth-order valence-corrected chi connectivity index (χ4v) is 7.33. The molecule has 0 bridgehead atoms. The molecule has 0 aliphatic heterocycles. The summed E-state index contributed by atoms with van der Waals surface area (Å²) >= 11 is 0. The summed E-state index contributed by atoms with van der Waals surface area (Å²) in [6.45, 7) is 6.96. The number of hydrogen-bond acceptors (Lipinski definition) is 19. The number of aromatic hydroxyl groups is 1. The summed E-state index contributed by atoms with van der Waals surface area (Å²) in [6, 6.07) is 26.1. The molecule has 368 valence electrons. The topological polar surface area (TPSA) is 259 Å². The molecule has 4 aromatic heterocycles. The molecule has 0 unspecified atom stereocenters. The predicted octanol–water partition coefficient (Wildman–Crippen LogP) is 7.02. The van der Waals surface area contributed by atoms with E-state index in [-0.39, 0.29) is 51.5 Å². The average molecular weight is 974 g/mol. The molecular weight excluding hydrogens is 927 g/mol. The molecule has 0 atom stereocenters. The van der Waals surface area contributed by atoms with Crippen molar-refractivity contribution in [2.75, 3.05) is 40.5 Å². The Morgan fingerprint density at radius 2 is 1.03 bits per heavy atom. The zero-order chi connectivity index (χ0) is 51.4. The highest BCUT2D eigenvalue weighted by atomic mass is 16.6. The van der Waals surface area contributed by atoms with Gasteiger partial charge in [0.1, 0.15) is 40.4 Å². The van der Waals surface area contributed by atoms with Gasteiger partial charge in [0.2, 0.25) is 0 Å². The molecule has 0 aliphatic carbocycles. The molecule has 71 heavy (non-hydrogen) atoms. The molecule has 4 aromatic carbocycles. The Morgan fingerprint density at radius 3 is 1.48 bits per heavy atom. The Labute approximate surface area is 402 Å². The van der Waals surface area contributed by atoms with Crippen LogP contribution in [-0.4, -0.2) is 74.4 Å². The van der Waals surface area contributed by atoms with E-state index in [1.165, 1.54) is 52.0 Å². The van der Waals surface area contributed by atoms with Crippen molar-refractivity contribution in [1.82, 2.24) is 4.90 Å². The highest BCUT2D eigenvalue weighted by Gasteiger charge is 2.22. The molecule has 4 heterocycles. The van der Waals surface area contributed by atoms with E-state index >= 15 is 0 Å². The Hall–Kier alpha value is -8.52. The molecular formula is C52H47NO18. The van der Waals surface area contributed by atoms with Gasteiger partial charge in [0, 0.05) is 106 Å². The molecule has 1 N–H and O–H groups in total. The number of esters is 4. The molecule has 0 fully saturated rings. The maximum absolute atomic E-state index is 12.8. The average Bonchev–Trinajstić information content (AvgIpc) is 3.31. The van der Waals surface area contributed by atoms with Gasteiger partial charge in [-0.25, -0.2) is 19.2 Å². The fourth-order valence-electron chi connectivity index (χ4n) is 7.33. The van der Waals surface area contributed by atoms with E-state index in [4.69, 9.17) is 36.6 Å². The van der Waals surface area contributed by atoms with E-state index in [0.29, 0.717) is 71.3 Å². The molecule has 0 radical (unpaired) electrons. The van der Waals surface area contributed by atoms with Crippen LogP contribution in [0.5, 0.6) is 11.5 Å². The number of carbonyl (C=O) groups excluding carboxylic acids is 4. The largest absolute Gasteiger partial charge is 0.507 e. The molecule has 8 rings (SSSR count). The highest BCUT2D eigenvalue weighted by Crippen LogP contribution is 2.36. The van der Waals surface area contributed by atoms with Crippen LogP contribution in [0.25, 0.3) is 66.1 Å².